The van der Waals surface area contributed by atoms with Gasteiger partial charge in [-0.05, 0) is 58.2 Å². The van der Waals surface area contributed by atoms with E-state index in [9.17, 15) is 4.79 Å². The molecule has 0 spiro atoms. The summed E-state index contributed by atoms with van der Waals surface area (Å²) < 4.78 is 0. The van der Waals surface area contributed by atoms with Crippen molar-refractivity contribution in [3.05, 3.63) is 23.5 Å². The Hall–Kier alpha value is -1.62. The predicted molar refractivity (Wildman–Crippen MR) is 97.3 cm³/mol. The quantitative estimate of drug-likeness (QED) is 0.886. The Labute approximate surface area is 145 Å². The zero-order chi connectivity index (χ0) is 16.9. The van der Waals surface area contributed by atoms with Crippen LogP contribution in [-0.2, 0) is 0 Å². The average Bonchev–Trinajstić information content (AvgIpc) is 3.05. The number of nitrogens with zero attached hydrogens (tertiary/aromatic N) is 2. The van der Waals surface area contributed by atoms with E-state index in [0.29, 0.717) is 6.04 Å². The van der Waals surface area contributed by atoms with Crippen molar-refractivity contribution < 1.29 is 4.79 Å². The van der Waals surface area contributed by atoms with Crippen molar-refractivity contribution in [1.29, 1.82) is 0 Å². The number of aryl methyl sites for hydroxylation is 2. The number of nitrogens with one attached hydrogen (secondary N) is 2. The Balaban J connectivity index is 1.49. The van der Waals surface area contributed by atoms with Crippen LogP contribution in [0.5, 0.6) is 0 Å². The molecule has 1 aromatic rings. The van der Waals surface area contributed by atoms with Gasteiger partial charge >= 0.3 is 6.03 Å². The van der Waals surface area contributed by atoms with Gasteiger partial charge in [-0.2, -0.15) is 0 Å². The minimum Gasteiger partial charge on any atom is -0.336 e. The summed E-state index contributed by atoms with van der Waals surface area (Å²) in [4.78, 5) is 19.3. The fourth-order valence-electron chi connectivity index (χ4n) is 4.17. The highest BCUT2D eigenvalue weighted by Crippen LogP contribution is 2.28. The SMILES string of the molecule is Cc1ccc(NC(=O)NCC2CCCN2C2CCCCC2)c(C)n1. The molecule has 2 amide bonds. The first-order chi connectivity index (χ1) is 11.6. The summed E-state index contributed by atoms with van der Waals surface area (Å²) in [6.07, 6.45) is 9.23. The van der Waals surface area contributed by atoms with Crippen molar-refractivity contribution in [2.24, 2.45) is 0 Å². The van der Waals surface area contributed by atoms with Gasteiger partial charge in [-0.1, -0.05) is 19.3 Å². The molecule has 1 aliphatic heterocycles. The van der Waals surface area contributed by atoms with Crippen LogP contribution in [0.25, 0.3) is 0 Å². The van der Waals surface area contributed by atoms with Gasteiger partial charge in [0.15, 0.2) is 0 Å². The van der Waals surface area contributed by atoms with Crippen molar-refractivity contribution in [2.75, 3.05) is 18.4 Å². The van der Waals surface area contributed by atoms with E-state index in [4.69, 9.17) is 0 Å². The number of hydrogen-bond donors (Lipinski definition) is 2. The van der Waals surface area contributed by atoms with E-state index < -0.39 is 0 Å². The van der Waals surface area contributed by atoms with E-state index in [1.807, 2.05) is 26.0 Å². The lowest BCUT2D eigenvalue weighted by Gasteiger charge is -2.35. The summed E-state index contributed by atoms with van der Waals surface area (Å²) in [6, 6.07) is 4.95. The van der Waals surface area contributed by atoms with Crippen LogP contribution in [0.4, 0.5) is 10.5 Å². The summed E-state index contributed by atoms with van der Waals surface area (Å²) in [7, 11) is 0. The lowest BCUT2D eigenvalue weighted by Crippen LogP contribution is -2.46. The first kappa shape index (κ1) is 17.2. The zero-order valence-corrected chi connectivity index (χ0v) is 15.0. The highest BCUT2D eigenvalue weighted by atomic mass is 16.2. The van der Waals surface area contributed by atoms with Crippen molar-refractivity contribution in [1.82, 2.24) is 15.2 Å². The molecule has 2 aliphatic rings. The minimum absolute atomic E-state index is 0.126. The topological polar surface area (TPSA) is 57.3 Å². The van der Waals surface area contributed by atoms with E-state index in [0.717, 1.165) is 29.7 Å². The van der Waals surface area contributed by atoms with Gasteiger partial charge in [-0.15, -0.1) is 0 Å². The van der Waals surface area contributed by atoms with Crippen molar-refractivity contribution in [2.45, 2.75) is 70.9 Å². The molecule has 132 valence electrons. The Kier molecular flexibility index (Phi) is 5.72. The third kappa shape index (κ3) is 4.26. The predicted octanol–water partition coefficient (Wildman–Crippen LogP) is 3.62. The lowest BCUT2D eigenvalue weighted by atomic mass is 9.94. The summed E-state index contributed by atoms with van der Waals surface area (Å²) in [5.41, 5.74) is 2.61. The average molecular weight is 330 g/mol. The smallest absolute Gasteiger partial charge is 0.319 e. The molecule has 0 bridgehead atoms. The third-order valence-electron chi connectivity index (χ3n) is 5.44. The largest absolute Gasteiger partial charge is 0.336 e. The molecule has 5 heteroatoms. The van der Waals surface area contributed by atoms with Crippen LogP contribution in [0.1, 0.15) is 56.3 Å². The van der Waals surface area contributed by atoms with E-state index in [1.54, 1.807) is 0 Å². The number of carbonyl (C=O) groups is 1. The molecule has 1 saturated heterocycles. The number of aromatic nitrogens is 1. The van der Waals surface area contributed by atoms with E-state index in [-0.39, 0.29) is 6.03 Å². The number of amides is 2. The Morgan fingerprint density at radius 1 is 1.17 bits per heavy atom. The van der Waals surface area contributed by atoms with Crippen LogP contribution in [-0.4, -0.2) is 41.1 Å². The number of rotatable bonds is 4. The van der Waals surface area contributed by atoms with Crippen LogP contribution in [0.3, 0.4) is 0 Å². The van der Waals surface area contributed by atoms with Gasteiger partial charge in [0.1, 0.15) is 0 Å². The van der Waals surface area contributed by atoms with Gasteiger partial charge in [0.05, 0.1) is 11.4 Å². The van der Waals surface area contributed by atoms with Gasteiger partial charge in [0.25, 0.3) is 0 Å². The number of urea groups is 1. The molecule has 3 rings (SSSR count). The summed E-state index contributed by atoms with van der Waals surface area (Å²) in [5.74, 6) is 0. The summed E-state index contributed by atoms with van der Waals surface area (Å²) in [6.45, 7) is 5.81. The van der Waals surface area contributed by atoms with Gasteiger partial charge in [0.2, 0.25) is 0 Å². The van der Waals surface area contributed by atoms with Gasteiger partial charge in [-0.3, -0.25) is 9.88 Å². The molecule has 0 aromatic carbocycles. The Morgan fingerprint density at radius 2 is 1.96 bits per heavy atom. The molecule has 1 saturated carbocycles. The standard InChI is InChI=1S/C19H30N4O/c1-14-10-11-18(15(2)21-14)22-19(24)20-13-17-9-6-12-23(17)16-7-4-3-5-8-16/h10-11,16-17H,3-9,12-13H2,1-2H3,(H2,20,22,24). The number of hydrogen-bond acceptors (Lipinski definition) is 3. The van der Waals surface area contributed by atoms with Crippen molar-refractivity contribution in [3.8, 4) is 0 Å². The van der Waals surface area contributed by atoms with Crippen LogP contribution >= 0.6 is 0 Å². The minimum atomic E-state index is -0.126. The second-order valence-corrected chi connectivity index (χ2v) is 7.25. The van der Waals surface area contributed by atoms with E-state index in [2.05, 4.69) is 20.5 Å². The molecule has 1 aliphatic carbocycles. The first-order valence-corrected chi connectivity index (χ1v) is 9.38. The Morgan fingerprint density at radius 3 is 2.71 bits per heavy atom. The van der Waals surface area contributed by atoms with E-state index in [1.165, 1.54) is 51.5 Å². The molecule has 5 nitrogen and oxygen atoms in total. The number of likely N-dealkylation sites (tertiary alicyclic amines) is 1. The highest BCUT2D eigenvalue weighted by Gasteiger charge is 2.31. The number of carbonyl (C=O) groups excluding carboxylic acids is 1. The molecule has 1 unspecified atom stereocenters. The molecule has 2 heterocycles. The highest BCUT2D eigenvalue weighted by molar-refractivity contribution is 5.89. The molecule has 1 atom stereocenters. The molecule has 2 fully saturated rings. The van der Waals surface area contributed by atoms with E-state index >= 15 is 0 Å². The molecular weight excluding hydrogens is 300 g/mol. The lowest BCUT2D eigenvalue weighted by molar-refractivity contribution is 0.141. The van der Waals surface area contributed by atoms with Gasteiger partial charge in [0, 0.05) is 24.3 Å². The summed E-state index contributed by atoms with van der Waals surface area (Å²) in [5, 5.41) is 5.99. The van der Waals surface area contributed by atoms with Crippen LogP contribution < -0.4 is 10.6 Å². The molecule has 2 N–H and O–H groups in total. The van der Waals surface area contributed by atoms with Gasteiger partial charge in [-0.25, -0.2) is 4.79 Å². The zero-order valence-electron chi connectivity index (χ0n) is 15.0. The third-order valence-corrected chi connectivity index (χ3v) is 5.44. The molecule has 0 radical (unpaired) electrons. The first-order valence-electron chi connectivity index (χ1n) is 9.38. The van der Waals surface area contributed by atoms with Gasteiger partial charge < -0.3 is 10.6 Å². The summed E-state index contributed by atoms with van der Waals surface area (Å²) >= 11 is 0. The second-order valence-electron chi connectivity index (χ2n) is 7.25. The monoisotopic (exact) mass is 330 g/mol. The maximum atomic E-state index is 12.2. The number of anilines is 1. The van der Waals surface area contributed by atoms with Crippen LogP contribution in [0, 0.1) is 13.8 Å². The number of pyridine rings is 1. The van der Waals surface area contributed by atoms with Crippen LogP contribution in [0.2, 0.25) is 0 Å². The molecule has 1 aromatic heterocycles. The molecular formula is C19H30N4O. The fraction of sp³-hybridized carbons (Fsp3) is 0.684. The van der Waals surface area contributed by atoms with Crippen molar-refractivity contribution in [3.63, 3.8) is 0 Å². The normalized spacial score (nSPS) is 22.5. The maximum absolute atomic E-state index is 12.2. The van der Waals surface area contributed by atoms with Crippen LogP contribution in [0.15, 0.2) is 12.1 Å². The second kappa shape index (κ2) is 7.97. The fourth-order valence-corrected chi connectivity index (χ4v) is 4.17. The maximum Gasteiger partial charge on any atom is 0.319 e. The molecule has 24 heavy (non-hydrogen) atoms. The van der Waals surface area contributed by atoms with Crippen molar-refractivity contribution >= 4 is 11.7 Å². The Bertz CT molecular complexity index is 568.